The fourth-order valence-corrected chi connectivity index (χ4v) is 2.56. The number of rotatable bonds is 4. The second-order valence-corrected chi connectivity index (χ2v) is 5.17. The van der Waals surface area contributed by atoms with Gasteiger partial charge in [0.1, 0.15) is 6.61 Å². The summed E-state index contributed by atoms with van der Waals surface area (Å²) in [5, 5.41) is 2.59. The second-order valence-electron chi connectivity index (χ2n) is 4.76. The van der Waals surface area contributed by atoms with Gasteiger partial charge in [0.05, 0.1) is 24.4 Å². The highest BCUT2D eigenvalue weighted by atomic mass is 35.5. The van der Waals surface area contributed by atoms with Crippen LogP contribution in [0.3, 0.4) is 0 Å². The Kier molecular flexibility index (Phi) is 4.35. The molecule has 1 aliphatic heterocycles. The molecule has 1 aromatic carbocycles. The van der Waals surface area contributed by atoms with Crippen LogP contribution in [0.25, 0.3) is 10.8 Å². The first-order valence-electron chi connectivity index (χ1n) is 6.81. The zero-order valence-corrected chi connectivity index (χ0v) is 12.0. The molecule has 0 atom stereocenters. The Labute approximate surface area is 123 Å². The van der Waals surface area contributed by atoms with Crippen molar-refractivity contribution in [2.75, 3.05) is 39.5 Å². The Hall–Kier alpha value is -1.36. The third-order valence-electron chi connectivity index (χ3n) is 3.46. The van der Waals surface area contributed by atoms with Gasteiger partial charge >= 0.3 is 0 Å². The zero-order valence-electron chi connectivity index (χ0n) is 11.2. The molecule has 4 nitrogen and oxygen atoms in total. The van der Waals surface area contributed by atoms with Crippen molar-refractivity contribution < 1.29 is 9.47 Å². The van der Waals surface area contributed by atoms with Gasteiger partial charge in [-0.25, -0.2) is 4.98 Å². The van der Waals surface area contributed by atoms with Crippen molar-refractivity contribution in [1.29, 1.82) is 0 Å². The summed E-state index contributed by atoms with van der Waals surface area (Å²) in [6, 6.07) is 7.90. The first kappa shape index (κ1) is 13.6. The first-order chi connectivity index (χ1) is 9.84. The highest BCUT2D eigenvalue weighted by molar-refractivity contribution is 6.35. The van der Waals surface area contributed by atoms with E-state index in [9.17, 15) is 0 Å². The van der Waals surface area contributed by atoms with Crippen molar-refractivity contribution in [2.45, 2.75) is 0 Å². The number of halogens is 1. The molecule has 20 heavy (non-hydrogen) atoms. The van der Waals surface area contributed by atoms with E-state index in [-0.39, 0.29) is 0 Å². The number of nitrogens with zero attached hydrogens (tertiary/aromatic N) is 2. The normalized spacial score (nSPS) is 16.4. The maximum absolute atomic E-state index is 6.14. The largest absolute Gasteiger partial charge is 0.476 e. The van der Waals surface area contributed by atoms with Crippen LogP contribution in [0, 0.1) is 0 Å². The van der Waals surface area contributed by atoms with Gasteiger partial charge in [-0.2, -0.15) is 0 Å². The maximum atomic E-state index is 6.14. The average molecular weight is 293 g/mol. The van der Waals surface area contributed by atoms with Crippen LogP contribution >= 0.6 is 11.6 Å². The van der Waals surface area contributed by atoms with Gasteiger partial charge in [0, 0.05) is 30.4 Å². The van der Waals surface area contributed by atoms with Gasteiger partial charge in [0.15, 0.2) is 0 Å². The number of morpholine rings is 1. The van der Waals surface area contributed by atoms with E-state index >= 15 is 0 Å². The lowest BCUT2D eigenvalue weighted by Crippen LogP contribution is -2.38. The Bertz CT molecular complexity index is 585. The van der Waals surface area contributed by atoms with Crippen LogP contribution in [-0.4, -0.2) is 49.3 Å². The predicted molar refractivity (Wildman–Crippen MR) is 79.5 cm³/mol. The molecule has 3 rings (SSSR count). The van der Waals surface area contributed by atoms with E-state index in [0.29, 0.717) is 17.5 Å². The molecule has 0 saturated carbocycles. The van der Waals surface area contributed by atoms with E-state index in [4.69, 9.17) is 21.1 Å². The summed E-state index contributed by atoms with van der Waals surface area (Å²) in [5.74, 6) is 0.651. The minimum atomic E-state index is 0.624. The molecular formula is C15H17ClN2O2. The number of pyridine rings is 1. The third-order valence-corrected chi connectivity index (χ3v) is 3.76. The zero-order chi connectivity index (χ0) is 13.8. The molecule has 1 saturated heterocycles. The lowest BCUT2D eigenvalue weighted by molar-refractivity contribution is 0.0321. The van der Waals surface area contributed by atoms with E-state index in [0.717, 1.165) is 43.6 Å². The highest BCUT2D eigenvalue weighted by Gasteiger charge is 2.11. The quantitative estimate of drug-likeness (QED) is 0.867. The minimum Gasteiger partial charge on any atom is -0.476 e. The molecule has 2 heterocycles. The fraction of sp³-hybridized carbons (Fsp3) is 0.400. The standard InChI is InChI=1S/C15H17ClN2O2/c16-14-11-17-15(13-4-2-1-3-12(13)14)20-10-7-18-5-8-19-9-6-18/h1-4,11H,5-10H2. The summed E-state index contributed by atoms with van der Waals surface area (Å²) in [6.45, 7) is 5.07. The van der Waals surface area contributed by atoms with Crippen molar-refractivity contribution >= 4 is 22.4 Å². The molecule has 0 amide bonds. The van der Waals surface area contributed by atoms with Crippen LogP contribution in [-0.2, 0) is 4.74 Å². The Morgan fingerprint density at radius 3 is 2.75 bits per heavy atom. The monoisotopic (exact) mass is 292 g/mol. The summed E-state index contributed by atoms with van der Waals surface area (Å²) in [5.41, 5.74) is 0. The maximum Gasteiger partial charge on any atom is 0.221 e. The number of hydrogen-bond acceptors (Lipinski definition) is 4. The first-order valence-corrected chi connectivity index (χ1v) is 7.18. The third kappa shape index (κ3) is 3.03. The molecular weight excluding hydrogens is 276 g/mol. The Morgan fingerprint density at radius 2 is 1.95 bits per heavy atom. The lowest BCUT2D eigenvalue weighted by atomic mass is 10.2. The van der Waals surface area contributed by atoms with Crippen LogP contribution in [0.2, 0.25) is 5.02 Å². The summed E-state index contributed by atoms with van der Waals surface area (Å²) in [6.07, 6.45) is 1.65. The average Bonchev–Trinajstić information content (AvgIpc) is 2.51. The summed E-state index contributed by atoms with van der Waals surface area (Å²) in [7, 11) is 0. The van der Waals surface area contributed by atoms with E-state index in [2.05, 4.69) is 9.88 Å². The van der Waals surface area contributed by atoms with Crippen molar-refractivity contribution in [3.63, 3.8) is 0 Å². The molecule has 5 heteroatoms. The molecule has 1 fully saturated rings. The fourth-order valence-electron chi connectivity index (χ4n) is 2.34. The van der Waals surface area contributed by atoms with Crippen molar-refractivity contribution in [3.05, 3.63) is 35.5 Å². The van der Waals surface area contributed by atoms with Crippen LogP contribution in [0.4, 0.5) is 0 Å². The van der Waals surface area contributed by atoms with E-state index < -0.39 is 0 Å². The SMILES string of the molecule is Clc1cnc(OCCN2CCOCC2)c2ccccc12. The molecule has 0 aliphatic carbocycles. The van der Waals surface area contributed by atoms with Crippen LogP contribution in [0.15, 0.2) is 30.5 Å². The summed E-state index contributed by atoms with van der Waals surface area (Å²) < 4.78 is 11.2. The molecule has 0 radical (unpaired) electrons. The number of aromatic nitrogens is 1. The number of fused-ring (bicyclic) bond motifs is 1. The lowest BCUT2D eigenvalue weighted by Gasteiger charge is -2.26. The molecule has 0 unspecified atom stereocenters. The smallest absolute Gasteiger partial charge is 0.221 e. The number of ether oxygens (including phenoxy) is 2. The van der Waals surface area contributed by atoms with Crippen LogP contribution in [0.5, 0.6) is 5.88 Å². The molecule has 0 N–H and O–H groups in total. The van der Waals surface area contributed by atoms with E-state index in [1.807, 2.05) is 24.3 Å². The summed E-state index contributed by atoms with van der Waals surface area (Å²) >= 11 is 6.14. The van der Waals surface area contributed by atoms with E-state index in [1.54, 1.807) is 6.20 Å². The highest BCUT2D eigenvalue weighted by Crippen LogP contribution is 2.28. The van der Waals surface area contributed by atoms with Crippen molar-refractivity contribution in [1.82, 2.24) is 9.88 Å². The van der Waals surface area contributed by atoms with Gasteiger partial charge in [-0.3, -0.25) is 4.90 Å². The second kappa shape index (κ2) is 6.39. The Morgan fingerprint density at radius 1 is 1.20 bits per heavy atom. The minimum absolute atomic E-state index is 0.624. The van der Waals surface area contributed by atoms with Gasteiger partial charge in [-0.15, -0.1) is 0 Å². The van der Waals surface area contributed by atoms with Gasteiger partial charge in [0.2, 0.25) is 5.88 Å². The van der Waals surface area contributed by atoms with Crippen molar-refractivity contribution in [2.24, 2.45) is 0 Å². The molecule has 2 aromatic rings. The Balaban J connectivity index is 1.67. The molecule has 0 spiro atoms. The van der Waals surface area contributed by atoms with Gasteiger partial charge in [-0.05, 0) is 6.07 Å². The van der Waals surface area contributed by atoms with Crippen LogP contribution in [0.1, 0.15) is 0 Å². The van der Waals surface area contributed by atoms with Crippen molar-refractivity contribution in [3.8, 4) is 5.88 Å². The van der Waals surface area contributed by atoms with Gasteiger partial charge in [0.25, 0.3) is 0 Å². The molecule has 1 aliphatic rings. The van der Waals surface area contributed by atoms with E-state index in [1.165, 1.54) is 0 Å². The van der Waals surface area contributed by atoms with Gasteiger partial charge in [-0.1, -0.05) is 29.8 Å². The number of hydrogen-bond donors (Lipinski definition) is 0. The van der Waals surface area contributed by atoms with Gasteiger partial charge < -0.3 is 9.47 Å². The molecule has 106 valence electrons. The number of benzene rings is 1. The molecule has 0 bridgehead atoms. The topological polar surface area (TPSA) is 34.6 Å². The van der Waals surface area contributed by atoms with Crippen LogP contribution < -0.4 is 4.74 Å². The molecule has 1 aromatic heterocycles. The summed E-state index contributed by atoms with van der Waals surface area (Å²) in [4.78, 5) is 6.63. The predicted octanol–water partition coefficient (Wildman–Crippen LogP) is 2.60.